The highest BCUT2D eigenvalue weighted by Crippen LogP contribution is 2.53. The van der Waals surface area contributed by atoms with E-state index in [0.717, 1.165) is 19.5 Å². The molecule has 8 heteroatoms. The van der Waals surface area contributed by atoms with E-state index in [9.17, 15) is 9.59 Å². The third-order valence-electron chi connectivity index (χ3n) is 4.11. The van der Waals surface area contributed by atoms with E-state index >= 15 is 0 Å². The molecule has 4 rings (SSSR count). The zero-order chi connectivity index (χ0) is 13.2. The van der Waals surface area contributed by atoms with Gasteiger partial charge in [-0.15, -0.1) is 5.10 Å². The maximum atomic E-state index is 11.4. The van der Waals surface area contributed by atoms with Crippen LogP contribution in [0.4, 0.5) is 0 Å². The van der Waals surface area contributed by atoms with Gasteiger partial charge in [0.05, 0.1) is 5.69 Å². The molecule has 3 aliphatic rings. The molecular formula is C11H12N4O4. The van der Waals surface area contributed by atoms with Gasteiger partial charge in [0.2, 0.25) is 0 Å². The van der Waals surface area contributed by atoms with Gasteiger partial charge >= 0.3 is 17.8 Å². The molecule has 0 aromatic carbocycles. The SMILES string of the molecule is Cn1cc(C2C3CCN(C3)C23OC(=O)C(=O)O3)nn1. The molecule has 1 aromatic rings. The van der Waals surface area contributed by atoms with Gasteiger partial charge < -0.3 is 9.47 Å². The molecule has 3 fully saturated rings. The van der Waals surface area contributed by atoms with Crippen LogP contribution in [0.5, 0.6) is 0 Å². The lowest BCUT2D eigenvalue weighted by Crippen LogP contribution is -2.50. The molecule has 0 saturated carbocycles. The lowest BCUT2D eigenvalue weighted by molar-refractivity contribution is -0.248. The number of carbonyl (C=O) groups is 2. The van der Waals surface area contributed by atoms with E-state index < -0.39 is 17.8 Å². The van der Waals surface area contributed by atoms with Gasteiger partial charge in [0.15, 0.2) is 0 Å². The molecule has 8 nitrogen and oxygen atoms in total. The van der Waals surface area contributed by atoms with E-state index in [2.05, 4.69) is 10.3 Å². The Labute approximate surface area is 108 Å². The van der Waals surface area contributed by atoms with Crippen molar-refractivity contribution in [2.24, 2.45) is 13.0 Å². The highest BCUT2D eigenvalue weighted by atomic mass is 16.8. The minimum atomic E-state index is -1.30. The Morgan fingerprint density at radius 1 is 1.37 bits per heavy atom. The fourth-order valence-electron chi connectivity index (χ4n) is 3.40. The number of fused-ring (bicyclic) bond motifs is 3. The van der Waals surface area contributed by atoms with Crippen LogP contribution in [0.15, 0.2) is 6.20 Å². The van der Waals surface area contributed by atoms with Gasteiger partial charge in [0.25, 0.3) is 0 Å². The van der Waals surface area contributed by atoms with Crippen LogP contribution in [-0.4, -0.2) is 50.8 Å². The minimum absolute atomic E-state index is 0.259. The molecule has 0 aliphatic carbocycles. The molecule has 2 bridgehead atoms. The number of hydrogen-bond donors (Lipinski definition) is 0. The van der Waals surface area contributed by atoms with Crippen molar-refractivity contribution in [1.29, 1.82) is 0 Å². The predicted octanol–water partition coefficient (Wildman–Crippen LogP) is -1.01. The van der Waals surface area contributed by atoms with Crippen LogP contribution in [0.3, 0.4) is 0 Å². The second-order valence-corrected chi connectivity index (χ2v) is 5.20. The average molecular weight is 264 g/mol. The minimum Gasteiger partial charge on any atom is -0.399 e. The van der Waals surface area contributed by atoms with Gasteiger partial charge in [-0.1, -0.05) is 5.21 Å². The van der Waals surface area contributed by atoms with Gasteiger partial charge in [-0.3, -0.25) is 4.68 Å². The molecule has 100 valence electrons. The van der Waals surface area contributed by atoms with Crippen molar-refractivity contribution < 1.29 is 19.1 Å². The topological polar surface area (TPSA) is 86.5 Å². The molecule has 3 atom stereocenters. The molecule has 3 unspecified atom stereocenters. The molecule has 0 amide bonds. The number of carbonyl (C=O) groups excluding carboxylic acids is 2. The van der Waals surface area contributed by atoms with Crippen LogP contribution in [-0.2, 0) is 26.1 Å². The Kier molecular flexibility index (Phi) is 1.91. The molecule has 19 heavy (non-hydrogen) atoms. The lowest BCUT2D eigenvalue weighted by Gasteiger charge is -2.36. The quantitative estimate of drug-likeness (QED) is 0.474. The third kappa shape index (κ3) is 1.26. The van der Waals surface area contributed by atoms with Gasteiger partial charge in [-0.2, -0.15) is 0 Å². The van der Waals surface area contributed by atoms with Crippen molar-refractivity contribution >= 4 is 11.9 Å². The van der Waals surface area contributed by atoms with Crippen LogP contribution in [0, 0.1) is 5.92 Å². The summed E-state index contributed by atoms with van der Waals surface area (Å²) in [6, 6.07) is 0. The third-order valence-corrected chi connectivity index (χ3v) is 4.11. The normalized spacial score (nSPS) is 34.9. The fourth-order valence-corrected chi connectivity index (χ4v) is 3.40. The van der Waals surface area contributed by atoms with Gasteiger partial charge in [0.1, 0.15) is 5.92 Å². The van der Waals surface area contributed by atoms with Crippen molar-refractivity contribution in [2.45, 2.75) is 18.2 Å². The van der Waals surface area contributed by atoms with E-state index in [1.165, 1.54) is 0 Å². The van der Waals surface area contributed by atoms with Crippen molar-refractivity contribution in [1.82, 2.24) is 19.9 Å². The highest BCUT2D eigenvalue weighted by molar-refractivity contribution is 6.31. The van der Waals surface area contributed by atoms with Crippen LogP contribution in [0.25, 0.3) is 0 Å². The molecule has 4 heterocycles. The second-order valence-electron chi connectivity index (χ2n) is 5.20. The van der Waals surface area contributed by atoms with E-state index in [4.69, 9.17) is 9.47 Å². The van der Waals surface area contributed by atoms with Crippen molar-refractivity contribution in [3.05, 3.63) is 11.9 Å². The Hall–Kier alpha value is -1.96. The van der Waals surface area contributed by atoms with Crippen molar-refractivity contribution in [3.63, 3.8) is 0 Å². The van der Waals surface area contributed by atoms with Crippen LogP contribution < -0.4 is 0 Å². The molecule has 3 aliphatic heterocycles. The first-order valence-corrected chi connectivity index (χ1v) is 6.18. The zero-order valence-electron chi connectivity index (χ0n) is 10.3. The van der Waals surface area contributed by atoms with Crippen LogP contribution in [0.2, 0.25) is 0 Å². The number of hydrogen-bond acceptors (Lipinski definition) is 7. The molecular weight excluding hydrogens is 252 g/mol. The number of piperidine rings is 1. The summed E-state index contributed by atoms with van der Waals surface area (Å²) >= 11 is 0. The van der Waals surface area contributed by atoms with Gasteiger partial charge in [0, 0.05) is 26.3 Å². The first kappa shape index (κ1) is 10.9. The molecule has 0 N–H and O–H groups in total. The number of aromatic nitrogens is 3. The highest BCUT2D eigenvalue weighted by Gasteiger charge is 2.68. The van der Waals surface area contributed by atoms with Crippen LogP contribution >= 0.6 is 0 Å². The fraction of sp³-hybridized carbons (Fsp3) is 0.636. The summed E-state index contributed by atoms with van der Waals surface area (Å²) in [6.45, 7) is 1.49. The number of ether oxygens (including phenoxy) is 2. The Morgan fingerprint density at radius 2 is 2.11 bits per heavy atom. The van der Waals surface area contributed by atoms with Gasteiger partial charge in [-0.05, 0) is 12.3 Å². The molecule has 0 radical (unpaired) electrons. The largest absolute Gasteiger partial charge is 0.421 e. The first-order valence-electron chi connectivity index (χ1n) is 6.18. The Morgan fingerprint density at radius 3 is 2.74 bits per heavy atom. The maximum absolute atomic E-state index is 11.4. The van der Waals surface area contributed by atoms with Crippen LogP contribution in [0.1, 0.15) is 18.0 Å². The van der Waals surface area contributed by atoms with Gasteiger partial charge in [-0.25, -0.2) is 14.5 Å². The maximum Gasteiger partial charge on any atom is 0.421 e. The number of nitrogens with zero attached hydrogens (tertiary/aromatic N) is 4. The molecule has 1 aromatic heterocycles. The summed E-state index contributed by atoms with van der Waals surface area (Å²) in [7, 11) is 1.77. The second kappa shape index (κ2) is 3.32. The van der Waals surface area contributed by atoms with Crippen molar-refractivity contribution in [3.8, 4) is 0 Å². The lowest BCUT2D eigenvalue weighted by atomic mass is 9.87. The van der Waals surface area contributed by atoms with E-state index in [-0.39, 0.29) is 11.8 Å². The molecule has 1 spiro atoms. The summed E-state index contributed by atoms with van der Waals surface area (Å²) in [5, 5.41) is 7.99. The number of rotatable bonds is 1. The van der Waals surface area contributed by atoms with Crippen molar-refractivity contribution in [2.75, 3.05) is 13.1 Å². The number of aryl methyl sites for hydroxylation is 1. The zero-order valence-corrected chi connectivity index (χ0v) is 10.3. The Bertz CT molecular complexity index is 567. The smallest absolute Gasteiger partial charge is 0.399 e. The summed E-state index contributed by atoms with van der Waals surface area (Å²) in [5.41, 5.74) is 0.692. The predicted molar refractivity (Wildman–Crippen MR) is 58.3 cm³/mol. The number of esters is 2. The van der Waals surface area contributed by atoms with E-state index in [1.54, 1.807) is 17.9 Å². The summed E-state index contributed by atoms with van der Waals surface area (Å²) < 4.78 is 12.1. The first-order chi connectivity index (χ1) is 9.10. The summed E-state index contributed by atoms with van der Waals surface area (Å²) in [5.74, 6) is -3.16. The average Bonchev–Trinajstić information content (AvgIpc) is 3.07. The Balaban J connectivity index is 1.80. The van der Waals surface area contributed by atoms with E-state index in [1.807, 2.05) is 4.90 Å². The standard InChI is InChI=1S/C11H12N4O4/c1-14-5-7(12-13-14)8-6-2-3-15(4-6)11(8)18-9(16)10(17)19-11/h5-6,8H,2-4H2,1H3. The van der Waals surface area contributed by atoms with E-state index in [0.29, 0.717) is 5.69 Å². The summed E-state index contributed by atoms with van der Waals surface area (Å²) in [6.07, 6.45) is 2.74. The monoisotopic (exact) mass is 264 g/mol. The summed E-state index contributed by atoms with van der Waals surface area (Å²) in [4.78, 5) is 24.8. The molecule has 3 saturated heterocycles.